The second-order valence-electron chi connectivity index (χ2n) is 3.21. The summed E-state index contributed by atoms with van der Waals surface area (Å²) in [6, 6.07) is 3.08. The molecule has 82 valence electrons. The molecule has 3 N–H and O–H groups in total. The molecular formula is C10H15N3O2. The van der Waals surface area contributed by atoms with Crippen molar-refractivity contribution in [1.29, 1.82) is 0 Å². The average Bonchev–Trinajstić information content (AvgIpc) is 2.26. The summed E-state index contributed by atoms with van der Waals surface area (Å²) in [4.78, 5) is 15.1. The van der Waals surface area contributed by atoms with Crippen LogP contribution in [0, 0.1) is 0 Å². The molecule has 5 heteroatoms. The Hall–Kier alpha value is -1.62. The fourth-order valence-corrected chi connectivity index (χ4v) is 1.02. The first-order valence-corrected chi connectivity index (χ1v) is 4.65. The molecule has 1 amide bonds. The number of aromatic nitrogens is 1. The summed E-state index contributed by atoms with van der Waals surface area (Å²) in [6.07, 6.45) is 1.63. The van der Waals surface area contributed by atoms with Crippen molar-refractivity contribution in [3.63, 3.8) is 0 Å². The lowest BCUT2D eigenvalue weighted by Gasteiger charge is -2.08. The van der Waals surface area contributed by atoms with Crippen LogP contribution in [0.5, 0.6) is 5.88 Å². The molecule has 0 aliphatic rings. The maximum absolute atomic E-state index is 11.2. The molecule has 0 saturated heterocycles. The highest BCUT2D eigenvalue weighted by Gasteiger charge is 2.06. The van der Waals surface area contributed by atoms with Crippen molar-refractivity contribution in [2.75, 3.05) is 7.11 Å². The molecule has 0 aliphatic heterocycles. The second kappa shape index (κ2) is 5.31. The minimum absolute atomic E-state index is 0.175. The standard InChI is InChI=1S/C10H15N3O2/c1-7(11)10(14)13-6-8-3-4-12-9(5-8)15-2/h3-5,7H,6,11H2,1-2H3,(H,13,14)/t7-/m0/s1. The Morgan fingerprint density at radius 1 is 1.73 bits per heavy atom. The number of hydrogen-bond donors (Lipinski definition) is 2. The number of amides is 1. The molecule has 0 spiro atoms. The van der Waals surface area contributed by atoms with Crippen LogP contribution in [0.4, 0.5) is 0 Å². The first-order valence-electron chi connectivity index (χ1n) is 4.65. The molecule has 15 heavy (non-hydrogen) atoms. The molecule has 0 bridgehead atoms. The summed E-state index contributed by atoms with van der Waals surface area (Å²) in [6.45, 7) is 2.07. The lowest BCUT2D eigenvalue weighted by atomic mass is 10.2. The Morgan fingerprint density at radius 2 is 2.47 bits per heavy atom. The van der Waals surface area contributed by atoms with Gasteiger partial charge in [0.15, 0.2) is 0 Å². The van der Waals surface area contributed by atoms with E-state index in [-0.39, 0.29) is 5.91 Å². The fraction of sp³-hybridized carbons (Fsp3) is 0.400. The van der Waals surface area contributed by atoms with Gasteiger partial charge in [0.2, 0.25) is 11.8 Å². The van der Waals surface area contributed by atoms with Gasteiger partial charge in [0.05, 0.1) is 13.2 Å². The van der Waals surface area contributed by atoms with Gasteiger partial charge in [0.25, 0.3) is 0 Å². The third-order valence-electron chi connectivity index (χ3n) is 1.89. The van der Waals surface area contributed by atoms with Gasteiger partial charge in [0, 0.05) is 18.8 Å². The highest BCUT2D eigenvalue weighted by atomic mass is 16.5. The molecule has 1 rings (SSSR count). The zero-order valence-corrected chi connectivity index (χ0v) is 8.86. The molecular weight excluding hydrogens is 194 g/mol. The second-order valence-corrected chi connectivity index (χ2v) is 3.21. The number of rotatable bonds is 4. The van der Waals surface area contributed by atoms with Crippen LogP contribution < -0.4 is 15.8 Å². The molecule has 1 aromatic heterocycles. The maximum atomic E-state index is 11.2. The highest BCUT2D eigenvalue weighted by molar-refractivity contribution is 5.80. The molecule has 0 radical (unpaired) electrons. The van der Waals surface area contributed by atoms with Crippen molar-refractivity contribution in [2.24, 2.45) is 5.73 Å². The van der Waals surface area contributed by atoms with Crippen molar-refractivity contribution in [3.8, 4) is 5.88 Å². The average molecular weight is 209 g/mol. The Morgan fingerprint density at radius 3 is 3.07 bits per heavy atom. The molecule has 0 aromatic carbocycles. The van der Waals surface area contributed by atoms with Gasteiger partial charge in [-0.15, -0.1) is 0 Å². The van der Waals surface area contributed by atoms with E-state index >= 15 is 0 Å². The molecule has 0 saturated carbocycles. The van der Waals surface area contributed by atoms with Crippen molar-refractivity contribution < 1.29 is 9.53 Å². The smallest absolute Gasteiger partial charge is 0.236 e. The van der Waals surface area contributed by atoms with E-state index in [1.807, 2.05) is 6.07 Å². The maximum Gasteiger partial charge on any atom is 0.236 e. The summed E-state index contributed by atoms with van der Waals surface area (Å²) >= 11 is 0. The number of nitrogens with one attached hydrogen (secondary N) is 1. The van der Waals surface area contributed by atoms with Crippen LogP contribution >= 0.6 is 0 Å². The third-order valence-corrected chi connectivity index (χ3v) is 1.89. The predicted octanol–water partition coefficient (Wildman–Crippen LogP) is 0.0536. The van der Waals surface area contributed by atoms with Crippen LogP contribution in [-0.2, 0) is 11.3 Å². The van der Waals surface area contributed by atoms with E-state index in [9.17, 15) is 4.79 Å². The molecule has 0 unspecified atom stereocenters. The minimum atomic E-state index is -0.492. The van der Waals surface area contributed by atoms with Crippen molar-refractivity contribution in [1.82, 2.24) is 10.3 Å². The fourth-order valence-electron chi connectivity index (χ4n) is 1.02. The Bertz CT molecular complexity index is 339. The van der Waals surface area contributed by atoms with Crippen molar-refractivity contribution >= 4 is 5.91 Å². The van der Waals surface area contributed by atoms with Crippen LogP contribution in [0.2, 0.25) is 0 Å². The third kappa shape index (κ3) is 3.55. The number of pyridine rings is 1. The Balaban J connectivity index is 2.54. The number of hydrogen-bond acceptors (Lipinski definition) is 4. The minimum Gasteiger partial charge on any atom is -0.481 e. The van der Waals surface area contributed by atoms with E-state index in [0.717, 1.165) is 5.56 Å². The molecule has 0 aliphatic carbocycles. The molecule has 0 fully saturated rings. The number of nitrogens with zero attached hydrogens (tertiary/aromatic N) is 1. The summed E-state index contributed by atoms with van der Waals surface area (Å²) in [5.74, 6) is 0.355. The summed E-state index contributed by atoms with van der Waals surface area (Å²) < 4.78 is 4.96. The number of ether oxygens (including phenoxy) is 1. The number of carbonyl (C=O) groups excluding carboxylic acids is 1. The van der Waals surface area contributed by atoms with E-state index in [2.05, 4.69) is 10.3 Å². The summed E-state index contributed by atoms with van der Waals surface area (Å²) in [7, 11) is 1.55. The van der Waals surface area contributed by atoms with Crippen LogP contribution in [0.15, 0.2) is 18.3 Å². The largest absolute Gasteiger partial charge is 0.481 e. The summed E-state index contributed by atoms with van der Waals surface area (Å²) in [5, 5.41) is 2.70. The SMILES string of the molecule is COc1cc(CNC(=O)[C@H](C)N)ccn1. The highest BCUT2D eigenvalue weighted by Crippen LogP contribution is 2.07. The van der Waals surface area contributed by atoms with Crippen LogP contribution in [0.1, 0.15) is 12.5 Å². The lowest BCUT2D eigenvalue weighted by molar-refractivity contribution is -0.122. The van der Waals surface area contributed by atoms with Gasteiger partial charge in [-0.05, 0) is 18.6 Å². The van der Waals surface area contributed by atoms with Crippen LogP contribution in [0.25, 0.3) is 0 Å². The molecule has 1 heterocycles. The molecule has 1 aromatic rings. The topological polar surface area (TPSA) is 77.2 Å². The Labute approximate surface area is 88.6 Å². The first-order chi connectivity index (χ1) is 7.13. The summed E-state index contributed by atoms with van der Waals surface area (Å²) in [5.41, 5.74) is 6.33. The number of carbonyl (C=O) groups is 1. The van der Waals surface area contributed by atoms with E-state index in [4.69, 9.17) is 10.5 Å². The van der Waals surface area contributed by atoms with Gasteiger partial charge in [0.1, 0.15) is 0 Å². The lowest BCUT2D eigenvalue weighted by Crippen LogP contribution is -2.37. The number of nitrogens with two attached hydrogens (primary N) is 1. The zero-order chi connectivity index (χ0) is 11.3. The normalized spacial score (nSPS) is 11.9. The van der Waals surface area contributed by atoms with Gasteiger partial charge in [-0.3, -0.25) is 4.79 Å². The zero-order valence-electron chi connectivity index (χ0n) is 8.86. The monoisotopic (exact) mass is 209 g/mol. The van der Waals surface area contributed by atoms with E-state index in [0.29, 0.717) is 12.4 Å². The van der Waals surface area contributed by atoms with E-state index < -0.39 is 6.04 Å². The van der Waals surface area contributed by atoms with Gasteiger partial charge in [-0.25, -0.2) is 4.98 Å². The van der Waals surface area contributed by atoms with Crippen LogP contribution in [-0.4, -0.2) is 24.0 Å². The van der Waals surface area contributed by atoms with Gasteiger partial charge < -0.3 is 15.8 Å². The van der Waals surface area contributed by atoms with E-state index in [1.165, 1.54) is 0 Å². The van der Waals surface area contributed by atoms with Gasteiger partial charge in [-0.2, -0.15) is 0 Å². The quantitative estimate of drug-likeness (QED) is 0.734. The Kier molecular flexibility index (Phi) is 4.05. The van der Waals surface area contributed by atoms with Crippen molar-refractivity contribution in [2.45, 2.75) is 19.5 Å². The van der Waals surface area contributed by atoms with E-state index in [1.54, 1.807) is 26.3 Å². The van der Waals surface area contributed by atoms with Gasteiger partial charge >= 0.3 is 0 Å². The van der Waals surface area contributed by atoms with Crippen LogP contribution in [0.3, 0.4) is 0 Å². The first kappa shape index (κ1) is 11.5. The molecule has 5 nitrogen and oxygen atoms in total. The van der Waals surface area contributed by atoms with Gasteiger partial charge in [-0.1, -0.05) is 0 Å². The molecule has 1 atom stereocenters. The van der Waals surface area contributed by atoms with Crippen molar-refractivity contribution in [3.05, 3.63) is 23.9 Å². The predicted molar refractivity (Wildman–Crippen MR) is 56.3 cm³/mol. The number of methoxy groups -OCH3 is 1.